The molecule has 3 rings (SSSR count). The van der Waals surface area contributed by atoms with Crippen LogP contribution in [0.15, 0.2) is 42.7 Å². The highest BCUT2D eigenvalue weighted by molar-refractivity contribution is 6.12. The van der Waals surface area contributed by atoms with Crippen LogP contribution in [0, 0.1) is 0 Å². The summed E-state index contributed by atoms with van der Waals surface area (Å²) < 4.78 is 0. The Morgan fingerprint density at radius 3 is 2.95 bits per heavy atom. The summed E-state index contributed by atoms with van der Waals surface area (Å²) in [6.45, 7) is 0. The van der Waals surface area contributed by atoms with Gasteiger partial charge in [-0.15, -0.1) is 0 Å². The van der Waals surface area contributed by atoms with Crippen molar-refractivity contribution >= 4 is 28.2 Å². The van der Waals surface area contributed by atoms with Gasteiger partial charge in [-0.25, -0.2) is 0 Å². The second-order valence-corrected chi connectivity index (χ2v) is 4.45. The molecule has 0 radical (unpaired) electrons. The minimum atomic E-state index is -0.213. The van der Waals surface area contributed by atoms with E-state index in [0.717, 1.165) is 5.52 Å². The molecule has 0 saturated heterocycles. The lowest BCUT2D eigenvalue weighted by molar-refractivity contribution is 0.0989. The molecular weight excluding hydrogens is 254 g/mol. The van der Waals surface area contributed by atoms with Crippen LogP contribution in [0.2, 0.25) is 0 Å². The molecule has 3 aromatic rings. The molecule has 0 aliphatic rings. The van der Waals surface area contributed by atoms with E-state index < -0.39 is 0 Å². The second kappa shape index (κ2) is 4.65. The number of H-pyrrole nitrogens is 1. The maximum atomic E-state index is 12.5. The van der Waals surface area contributed by atoms with Gasteiger partial charge < -0.3 is 10.6 Å². The Balaban J connectivity index is 2.03. The Labute approximate surface area is 115 Å². The fourth-order valence-electron chi connectivity index (χ4n) is 2.02. The average molecular weight is 267 g/mol. The zero-order valence-electron chi connectivity index (χ0n) is 10.9. The van der Waals surface area contributed by atoms with E-state index in [0.29, 0.717) is 22.5 Å². The van der Waals surface area contributed by atoms with Gasteiger partial charge in [-0.1, -0.05) is 0 Å². The average Bonchev–Trinajstić information content (AvgIpc) is 2.89. The maximum Gasteiger partial charge on any atom is 0.279 e. The molecule has 20 heavy (non-hydrogen) atoms. The van der Waals surface area contributed by atoms with Crippen LogP contribution < -0.4 is 10.6 Å². The van der Waals surface area contributed by atoms with E-state index >= 15 is 0 Å². The number of nitrogen functional groups attached to an aromatic ring is 1. The minimum absolute atomic E-state index is 0.213. The molecule has 6 heteroatoms. The quantitative estimate of drug-likeness (QED) is 0.693. The largest absolute Gasteiger partial charge is 0.399 e. The number of nitrogens with zero attached hydrogens (tertiary/aromatic N) is 3. The number of nitrogens with one attached hydrogen (secondary N) is 1. The van der Waals surface area contributed by atoms with Gasteiger partial charge in [0, 0.05) is 24.3 Å². The highest BCUT2D eigenvalue weighted by atomic mass is 16.2. The number of anilines is 2. The van der Waals surface area contributed by atoms with Crippen molar-refractivity contribution in [3.05, 3.63) is 48.4 Å². The summed E-state index contributed by atoms with van der Waals surface area (Å²) in [5.41, 5.74) is 8.19. The molecule has 2 aromatic heterocycles. The number of aromatic amines is 1. The Kier molecular flexibility index (Phi) is 2.83. The molecule has 0 unspecified atom stereocenters. The molecule has 0 bridgehead atoms. The van der Waals surface area contributed by atoms with Crippen molar-refractivity contribution in [2.75, 3.05) is 17.7 Å². The third-order valence-corrected chi connectivity index (χ3v) is 3.13. The third kappa shape index (κ3) is 1.97. The van der Waals surface area contributed by atoms with Gasteiger partial charge in [0.25, 0.3) is 5.91 Å². The summed E-state index contributed by atoms with van der Waals surface area (Å²) in [6, 6.07) is 8.90. The first kappa shape index (κ1) is 12.2. The van der Waals surface area contributed by atoms with E-state index in [4.69, 9.17) is 5.73 Å². The number of nitrogens with two attached hydrogens (primary N) is 1. The van der Waals surface area contributed by atoms with Gasteiger partial charge >= 0.3 is 0 Å². The number of pyridine rings is 1. The Hall–Kier alpha value is -2.89. The van der Waals surface area contributed by atoms with Crippen molar-refractivity contribution < 1.29 is 4.79 Å². The molecule has 0 spiro atoms. The van der Waals surface area contributed by atoms with Crippen molar-refractivity contribution in [3.63, 3.8) is 0 Å². The highest BCUT2D eigenvalue weighted by Crippen LogP contribution is 2.21. The SMILES string of the molecule is CN(C(=O)c1n[nH]c2ccc(N)cc12)c1cccnc1. The lowest BCUT2D eigenvalue weighted by Crippen LogP contribution is -2.26. The number of rotatable bonds is 2. The molecule has 0 aliphatic carbocycles. The van der Waals surface area contributed by atoms with Crippen LogP contribution in [0.1, 0.15) is 10.5 Å². The summed E-state index contributed by atoms with van der Waals surface area (Å²) >= 11 is 0. The zero-order chi connectivity index (χ0) is 14.1. The fraction of sp³-hybridized carbons (Fsp3) is 0.0714. The predicted octanol–water partition coefficient (Wildman–Crippen LogP) is 1.82. The van der Waals surface area contributed by atoms with Gasteiger partial charge in [0.2, 0.25) is 0 Å². The van der Waals surface area contributed by atoms with Crippen LogP contribution in [-0.2, 0) is 0 Å². The van der Waals surface area contributed by atoms with E-state index in [1.54, 1.807) is 43.7 Å². The molecule has 3 N–H and O–H groups in total. The highest BCUT2D eigenvalue weighted by Gasteiger charge is 2.19. The van der Waals surface area contributed by atoms with E-state index in [-0.39, 0.29) is 5.91 Å². The van der Waals surface area contributed by atoms with E-state index in [2.05, 4.69) is 15.2 Å². The summed E-state index contributed by atoms with van der Waals surface area (Å²) in [5, 5.41) is 7.64. The number of hydrogen-bond donors (Lipinski definition) is 2. The fourth-order valence-corrected chi connectivity index (χ4v) is 2.02. The van der Waals surface area contributed by atoms with Crippen LogP contribution in [-0.4, -0.2) is 28.1 Å². The van der Waals surface area contributed by atoms with Gasteiger partial charge in [-0.05, 0) is 30.3 Å². The summed E-state index contributed by atoms with van der Waals surface area (Å²) in [6.07, 6.45) is 3.29. The summed E-state index contributed by atoms with van der Waals surface area (Å²) in [5.74, 6) is -0.213. The standard InChI is InChI=1S/C14H13N5O/c1-19(10-3-2-6-16-8-10)14(20)13-11-7-9(15)4-5-12(11)17-18-13/h2-8H,15H2,1H3,(H,17,18). The Morgan fingerprint density at radius 1 is 1.35 bits per heavy atom. The smallest absolute Gasteiger partial charge is 0.279 e. The molecule has 1 aromatic carbocycles. The van der Waals surface area contributed by atoms with Crippen LogP contribution in [0.25, 0.3) is 10.9 Å². The van der Waals surface area contributed by atoms with Crippen LogP contribution in [0.4, 0.5) is 11.4 Å². The molecular formula is C14H13N5O. The summed E-state index contributed by atoms with van der Waals surface area (Å²) in [7, 11) is 1.69. The first-order chi connectivity index (χ1) is 9.66. The van der Waals surface area contributed by atoms with Gasteiger partial charge in [0.15, 0.2) is 5.69 Å². The minimum Gasteiger partial charge on any atom is -0.399 e. The van der Waals surface area contributed by atoms with Gasteiger partial charge in [-0.3, -0.25) is 14.9 Å². The van der Waals surface area contributed by atoms with Gasteiger partial charge in [-0.2, -0.15) is 5.10 Å². The van der Waals surface area contributed by atoms with Gasteiger partial charge in [0.1, 0.15) is 0 Å². The first-order valence-electron chi connectivity index (χ1n) is 6.08. The normalized spacial score (nSPS) is 10.7. The van der Waals surface area contributed by atoms with Crippen molar-refractivity contribution in [3.8, 4) is 0 Å². The lowest BCUT2D eigenvalue weighted by atomic mass is 10.1. The topological polar surface area (TPSA) is 87.9 Å². The molecule has 1 amide bonds. The lowest BCUT2D eigenvalue weighted by Gasteiger charge is -2.15. The number of amides is 1. The van der Waals surface area contributed by atoms with E-state index in [1.807, 2.05) is 6.07 Å². The number of aromatic nitrogens is 3. The molecule has 2 heterocycles. The Morgan fingerprint density at radius 2 is 2.20 bits per heavy atom. The van der Waals surface area contributed by atoms with Crippen LogP contribution >= 0.6 is 0 Å². The van der Waals surface area contributed by atoms with E-state index in [9.17, 15) is 4.79 Å². The van der Waals surface area contributed by atoms with Crippen molar-refractivity contribution in [1.82, 2.24) is 15.2 Å². The van der Waals surface area contributed by atoms with Crippen LogP contribution in [0.3, 0.4) is 0 Å². The number of fused-ring (bicyclic) bond motifs is 1. The zero-order valence-corrected chi connectivity index (χ0v) is 10.9. The number of carbonyl (C=O) groups is 1. The molecule has 100 valence electrons. The molecule has 0 saturated carbocycles. The van der Waals surface area contributed by atoms with Crippen molar-refractivity contribution in [2.24, 2.45) is 0 Å². The predicted molar refractivity (Wildman–Crippen MR) is 77.5 cm³/mol. The number of benzene rings is 1. The summed E-state index contributed by atoms with van der Waals surface area (Å²) in [4.78, 5) is 18.0. The molecule has 0 fully saturated rings. The van der Waals surface area contributed by atoms with Crippen molar-refractivity contribution in [2.45, 2.75) is 0 Å². The second-order valence-electron chi connectivity index (χ2n) is 4.45. The third-order valence-electron chi connectivity index (χ3n) is 3.13. The number of carbonyl (C=O) groups excluding carboxylic acids is 1. The molecule has 6 nitrogen and oxygen atoms in total. The first-order valence-corrected chi connectivity index (χ1v) is 6.08. The molecule has 0 aliphatic heterocycles. The van der Waals surface area contributed by atoms with Crippen LogP contribution in [0.5, 0.6) is 0 Å². The maximum absolute atomic E-state index is 12.5. The monoisotopic (exact) mass is 267 g/mol. The Bertz CT molecular complexity index is 766. The van der Waals surface area contributed by atoms with Gasteiger partial charge in [0.05, 0.1) is 17.4 Å². The van der Waals surface area contributed by atoms with E-state index in [1.165, 1.54) is 4.90 Å². The van der Waals surface area contributed by atoms with Crippen molar-refractivity contribution in [1.29, 1.82) is 0 Å². The number of hydrogen-bond acceptors (Lipinski definition) is 4. The molecule has 0 atom stereocenters.